The van der Waals surface area contributed by atoms with Crippen molar-refractivity contribution in [2.45, 2.75) is 46.5 Å². The van der Waals surface area contributed by atoms with Gasteiger partial charge in [0.25, 0.3) is 5.56 Å². The average molecular weight is 324 g/mol. The first kappa shape index (κ1) is 16.4. The molecule has 24 heavy (non-hydrogen) atoms. The topological polar surface area (TPSA) is 52.2 Å². The van der Waals surface area contributed by atoms with Crippen LogP contribution in [0.15, 0.2) is 29.3 Å². The van der Waals surface area contributed by atoms with E-state index < -0.39 is 0 Å². The van der Waals surface area contributed by atoms with E-state index in [1.165, 1.54) is 0 Å². The molecule has 0 amide bonds. The summed E-state index contributed by atoms with van der Waals surface area (Å²) in [7, 11) is 1.80. The summed E-state index contributed by atoms with van der Waals surface area (Å²) < 4.78 is 3.47. The fourth-order valence-electron chi connectivity index (χ4n) is 3.41. The van der Waals surface area contributed by atoms with Crippen molar-refractivity contribution >= 4 is 5.52 Å². The van der Waals surface area contributed by atoms with Gasteiger partial charge in [-0.25, -0.2) is 4.52 Å². The highest BCUT2D eigenvalue weighted by molar-refractivity contribution is 5.63. The smallest absolute Gasteiger partial charge is 0.278 e. The molecular weight excluding hydrogens is 300 g/mol. The van der Waals surface area contributed by atoms with Gasteiger partial charge in [0.1, 0.15) is 5.52 Å². The van der Waals surface area contributed by atoms with E-state index in [9.17, 15) is 4.79 Å². The number of hydrogen-bond donors (Lipinski definition) is 0. The Hall–Kier alpha value is -2.43. The first-order chi connectivity index (χ1) is 11.5. The highest BCUT2D eigenvalue weighted by Gasteiger charge is 2.20. The normalized spacial score (nSPS) is 11.6. The second-order valence-electron chi connectivity index (χ2n) is 6.39. The van der Waals surface area contributed by atoms with Crippen LogP contribution in [0.25, 0.3) is 16.9 Å². The summed E-state index contributed by atoms with van der Waals surface area (Å²) in [5.74, 6) is 1.05. The Labute approximate surface area is 142 Å². The molecule has 0 unspecified atom stereocenters. The number of pyridine rings is 1. The van der Waals surface area contributed by atoms with Crippen LogP contribution in [0.2, 0.25) is 0 Å². The van der Waals surface area contributed by atoms with Crippen molar-refractivity contribution in [3.05, 3.63) is 51.7 Å². The third-order valence-corrected chi connectivity index (χ3v) is 4.89. The first-order valence-electron chi connectivity index (χ1n) is 8.49. The molecule has 5 nitrogen and oxygen atoms in total. The standard InChI is InChI=1S/C19H24N4O/c1-6-14(7-2)16-10-13(4)23-17(16)19(24)22(5)18(21-23)15-8-9-20-11-12(15)3/h8-11,14H,6-7H2,1-5H3. The van der Waals surface area contributed by atoms with Gasteiger partial charge in [0.05, 0.1) is 0 Å². The molecule has 0 atom stereocenters. The summed E-state index contributed by atoms with van der Waals surface area (Å²) in [5, 5.41) is 4.79. The average Bonchev–Trinajstić information content (AvgIpc) is 2.90. The van der Waals surface area contributed by atoms with Crippen LogP contribution in [0, 0.1) is 13.8 Å². The van der Waals surface area contributed by atoms with Crippen LogP contribution >= 0.6 is 0 Å². The Morgan fingerprint density at radius 3 is 2.54 bits per heavy atom. The molecule has 0 bridgehead atoms. The largest absolute Gasteiger partial charge is 0.293 e. The van der Waals surface area contributed by atoms with Gasteiger partial charge in [-0.1, -0.05) is 13.8 Å². The Morgan fingerprint density at radius 2 is 1.92 bits per heavy atom. The molecule has 0 fully saturated rings. The van der Waals surface area contributed by atoms with Crippen molar-refractivity contribution in [1.82, 2.24) is 19.2 Å². The number of aryl methyl sites for hydroxylation is 2. The van der Waals surface area contributed by atoms with Gasteiger partial charge in [0.2, 0.25) is 0 Å². The second-order valence-corrected chi connectivity index (χ2v) is 6.39. The Morgan fingerprint density at radius 1 is 1.21 bits per heavy atom. The summed E-state index contributed by atoms with van der Waals surface area (Å²) in [5.41, 5.74) is 4.76. The lowest BCUT2D eigenvalue weighted by Crippen LogP contribution is -2.24. The zero-order chi connectivity index (χ0) is 17.4. The third-order valence-electron chi connectivity index (χ3n) is 4.89. The van der Waals surface area contributed by atoms with E-state index in [2.05, 4.69) is 24.9 Å². The predicted octanol–water partition coefficient (Wildman–Crippen LogP) is 3.62. The Balaban J connectivity index is 2.35. The lowest BCUT2D eigenvalue weighted by atomic mass is 9.95. The van der Waals surface area contributed by atoms with E-state index in [4.69, 9.17) is 5.10 Å². The van der Waals surface area contributed by atoms with Crippen molar-refractivity contribution in [2.24, 2.45) is 7.05 Å². The second kappa shape index (κ2) is 6.23. The number of aromatic nitrogens is 4. The van der Waals surface area contributed by atoms with Gasteiger partial charge in [0, 0.05) is 30.7 Å². The lowest BCUT2D eigenvalue weighted by molar-refractivity contribution is 0.644. The minimum atomic E-state index is 0.00575. The summed E-state index contributed by atoms with van der Waals surface area (Å²) in [6, 6.07) is 4.02. The molecule has 0 saturated carbocycles. The molecule has 3 aromatic rings. The minimum Gasteiger partial charge on any atom is -0.293 e. The van der Waals surface area contributed by atoms with E-state index in [0.29, 0.717) is 17.3 Å². The highest BCUT2D eigenvalue weighted by Crippen LogP contribution is 2.28. The molecule has 0 spiro atoms. The number of rotatable bonds is 4. The molecule has 126 valence electrons. The monoisotopic (exact) mass is 324 g/mol. The van der Waals surface area contributed by atoms with Crippen molar-refractivity contribution in [3.8, 4) is 11.4 Å². The minimum absolute atomic E-state index is 0.00575. The summed E-state index contributed by atoms with van der Waals surface area (Å²) in [6.07, 6.45) is 5.56. The van der Waals surface area contributed by atoms with Crippen molar-refractivity contribution in [1.29, 1.82) is 0 Å². The van der Waals surface area contributed by atoms with Gasteiger partial charge in [0.15, 0.2) is 5.82 Å². The Bertz CT molecular complexity index is 948. The van der Waals surface area contributed by atoms with Crippen LogP contribution in [0.4, 0.5) is 0 Å². The maximum atomic E-state index is 13.1. The molecule has 3 heterocycles. The highest BCUT2D eigenvalue weighted by atomic mass is 16.1. The number of hydrogen-bond acceptors (Lipinski definition) is 3. The SMILES string of the molecule is CCC(CC)c1cc(C)n2nc(-c3ccncc3C)n(C)c(=O)c12. The van der Waals surface area contributed by atoms with Crippen LogP contribution in [-0.4, -0.2) is 19.2 Å². The molecule has 3 aromatic heterocycles. The molecule has 5 heteroatoms. The van der Waals surface area contributed by atoms with Gasteiger partial charge < -0.3 is 0 Å². The van der Waals surface area contributed by atoms with Crippen LogP contribution < -0.4 is 5.56 Å². The van der Waals surface area contributed by atoms with E-state index in [0.717, 1.165) is 35.2 Å². The third kappa shape index (κ3) is 2.44. The maximum Gasteiger partial charge on any atom is 0.278 e. The van der Waals surface area contributed by atoms with Gasteiger partial charge in [-0.15, -0.1) is 5.10 Å². The van der Waals surface area contributed by atoms with Gasteiger partial charge in [-0.3, -0.25) is 14.3 Å². The Kier molecular flexibility index (Phi) is 4.26. The molecule has 0 aliphatic rings. The molecule has 0 radical (unpaired) electrons. The van der Waals surface area contributed by atoms with E-state index >= 15 is 0 Å². The lowest BCUT2D eigenvalue weighted by Gasteiger charge is -2.14. The summed E-state index contributed by atoms with van der Waals surface area (Å²) >= 11 is 0. The predicted molar refractivity (Wildman–Crippen MR) is 96.5 cm³/mol. The van der Waals surface area contributed by atoms with E-state index in [-0.39, 0.29) is 5.56 Å². The molecular formula is C19H24N4O. The van der Waals surface area contributed by atoms with Crippen LogP contribution in [0.3, 0.4) is 0 Å². The van der Waals surface area contributed by atoms with Crippen molar-refractivity contribution in [3.63, 3.8) is 0 Å². The van der Waals surface area contributed by atoms with Crippen LogP contribution in [0.1, 0.15) is 49.4 Å². The molecule has 3 rings (SSSR count). The molecule has 0 aliphatic heterocycles. The quantitative estimate of drug-likeness (QED) is 0.736. The zero-order valence-corrected chi connectivity index (χ0v) is 15.0. The van der Waals surface area contributed by atoms with E-state index in [1.807, 2.05) is 24.4 Å². The fourth-order valence-corrected chi connectivity index (χ4v) is 3.41. The van der Waals surface area contributed by atoms with Gasteiger partial charge in [-0.2, -0.15) is 0 Å². The maximum absolute atomic E-state index is 13.1. The van der Waals surface area contributed by atoms with Crippen molar-refractivity contribution in [2.75, 3.05) is 0 Å². The van der Waals surface area contributed by atoms with E-state index in [1.54, 1.807) is 24.0 Å². The zero-order valence-electron chi connectivity index (χ0n) is 15.0. The van der Waals surface area contributed by atoms with Crippen molar-refractivity contribution < 1.29 is 0 Å². The van der Waals surface area contributed by atoms with Gasteiger partial charge >= 0.3 is 0 Å². The van der Waals surface area contributed by atoms with Crippen LogP contribution in [-0.2, 0) is 7.05 Å². The molecule has 0 N–H and O–H groups in total. The number of nitrogens with zero attached hydrogens (tertiary/aromatic N) is 4. The first-order valence-corrected chi connectivity index (χ1v) is 8.49. The van der Waals surface area contributed by atoms with Gasteiger partial charge in [-0.05, 0) is 55.9 Å². The fraction of sp³-hybridized carbons (Fsp3) is 0.421. The molecule has 0 aliphatic carbocycles. The molecule has 0 aromatic carbocycles. The summed E-state index contributed by atoms with van der Waals surface area (Å²) in [4.78, 5) is 17.2. The number of fused-ring (bicyclic) bond motifs is 1. The van der Waals surface area contributed by atoms with Crippen LogP contribution in [0.5, 0.6) is 0 Å². The summed E-state index contributed by atoms with van der Waals surface area (Å²) in [6.45, 7) is 8.32. The molecule has 0 saturated heterocycles.